The van der Waals surface area contributed by atoms with E-state index in [2.05, 4.69) is 65.9 Å². The van der Waals surface area contributed by atoms with Crippen LogP contribution in [0.5, 0.6) is 5.75 Å². The van der Waals surface area contributed by atoms with Gasteiger partial charge in [0.25, 0.3) is 0 Å². The molecule has 130 valence electrons. The van der Waals surface area contributed by atoms with Crippen LogP contribution in [0.2, 0.25) is 0 Å². The highest BCUT2D eigenvalue weighted by Gasteiger charge is 2.12. The molecule has 3 rings (SSSR count). The second kappa shape index (κ2) is 7.74. The summed E-state index contributed by atoms with van der Waals surface area (Å²) in [4.78, 5) is 0. The van der Waals surface area contributed by atoms with E-state index in [4.69, 9.17) is 4.74 Å². The van der Waals surface area contributed by atoms with Crippen LogP contribution >= 0.6 is 11.8 Å². The highest BCUT2D eigenvalue weighted by atomic mass is 32.2. The van der Waals surface area contributed by atoms with Crippen LogP contribution in [0.25, 0.3) is 5.69 Å². The van der Waals surface area contributed by atoms with Crippen molar-refractivity contribution < 1.29 is 4.74 Å². The van der Waals surface area contributed by atoms with E-state index in [-0.39, 0.29) is 0 Å². The van der Waals surface area contributed by atoms with Gasteiger partial charge in [-0.15, -0.1) is 10.2 Å². The van der Waals surface area contributed by atoms with Gasteiger partial charge >= 0.3 is 0 Å². The third-order valence-electron chi connectivity index (χ3n) is 4.15. The molecule has 0 saturated carbocycles. The first kappa shape index (κ1) is 17.5. The first-order chi connectivity index (χ1) is 12.0. The van der Waals surface area contributed by atoms with Crippen molar-refractivity contribution in [2.45, 2.75) is 32.9 Å². The minimum atomic E-state index is 0.632. The lowest BCUT2D eigenvalue weighted by atomic mass is 10.1. The fourth-order valence-corrected chi connectivity index (χ4v) is 3.34. The van der Waals surface area contributed by atoms with Crippen LogP contribution in [0.3, 0.4) is 0 Å². The Morgan fingerprint density at radius 1 is 0.920 bits per heavy atom. The Labute approximate surface area is 153 Å². The third-order valence-corrected chi connectivity index (χ3v) is 5.04. The van der Waals surface area contributed by atoms with E-state index in [1.54, 1.807) is 11.8 Å². The molecule has 3 aromatic rings. The number of hydrogen-bond donors (Lipinski definition) is 0. The zero-order valence-corrected chi connectivity index (χ0v) is 15.9. The summed E-state index contributed by atoms with van der Waals surface area (Å²) in [5.74, 6) is 2.61. The van der Waals surface area contributed by atoms with Gasteiger partial charge in [0.05, 0.1) is 6.61 Å². The van der Waals surface area contributed by atoms with Crippen LogP contribution in [0.1, 0.15) is 22.5 Å². The lowest BCUT2D eigenvalue weighted by Gasteiger charge is -2.11. The Morgan fingerprint density at radius 3 is 2.40 bits per heavy atom. The maximum Gasteiger partial charge on any atom is 0.195 e. The molecule has 0 unspecified atom stereocenters. The van der Waals surface area contributed by atoms with Gasteiger partial charge in [0.1, 0.15) is 11.6 Å². The van der Waals surface area contributed by atoms with E-state index in [1.165, 1.54) is 16.7 Å². The predicted octanol–water partition coefficient (Wildman–Crippen LogP) is 4.67. The van der Waals surface area contributed by atoms with Crippen molar-refractivity contribution in [3.63, 3.8) is 0 Å². The minimum Gasteiger partial charge on any atom is -0.493 e. The van der Waals surface area contributed by atoms with Crippen molar-refractivity contribution in [2.75, 3.05) is 12.4 Å². The highest BCUT2D eigenvalue weighted by molar-refractivity contribution is 7.99. The fraction of sp³-hybridized carbons (Fsp3) is 0.300. The van der Waals surface area contributed by atoms with E-state index in [0.29, 0.717) is 6.61 Å². The third kappa shape index (κ3) is 4.23. The molecule has 2 aromatic carbocycles. The van der Waals surface area contributed by atoms with Gasteiger partial charge in [0.15, 0.2) is 5.16 Å². The molecule has 0 radical (unpaired) electrons. The monoisotopic (exact) mass is 353 g/mol. The Bertz CT molecular complexity index is 856. The standard InChI is InChI=1S/C20H23N3OS/c1-14-5-9-19(10-6-14)24-11-12-25-20-22-21-17(4)23(20)18-8-7-15(2)16(3)13-18/h5-10,13H,11-12H2,1-4H3. The topological polar surface area (TPSA) is 39.9 Å². The maximum atomic E-state index is 5.79. The molecule has 25 heavy (non-hydrogen) atoms. The molecule has 5 heteroatoms. The summed E-state index contributed by atoms with van der Waals surface area (Å²) in [6, 6.07) is 14.6. The van der Waals surface area contributed by atoms with Crippen LogP contribution < -0.4 is 4.74 Å². The zero-order valence-electron chi connectivity index (χ0n) is 15.1. The summed E-state index contributed by atoms with van der Waals surface area (Å²) in [6.07, 6.45) is 0. The lowest BCUT2D eigenvalue weighted by molar-refractivity contribution is 0.344. The van der Waals surface area contributed by atoms with Crippen LogP contribution in [0.4, 0.5) is 0 Å². The normalized spacial score (nSPS) is 10.9. The number of hydrogen-bond acceptors (Lipinski definition) is 4. The van der Waals surface area contributed by atoms with Gasteiger partial charge in [0, 0.05) is 11.4 Å². The molecule has 0 aliphatic heterocycles. The van der Waals surface area contributed by atoms with Gasteiger partial charge in [-0.3, -0.25) is 4.57 Å². The number of rotatable bonds is 6. The van der Waals surface area contributed by atoms with E-state index in [1.807, 2.05) is 19.1 Å². The van der Waals surface area contributed by atoms with Gasteiger partial charge in [-0.25, -0.2) is 0 Å². The molecule has 0 atom stereocenters. The summed E-state index contributed by atoms with van der Waals surface area (Å²) in [5.41, 5.74) is 4.89. The van der Waals surface area contributed by atoms with Crippen molar-refractivity contribution in [1.29, 1.82) is 0 Å². The number of nitrogens with zero attached hydrogens (tertiary/aromatic N) is 3. The molecule has 1 heterocycles. The van der Waals surface area contributed by atoms with Gasteiger partial charge in [-0.05, 0) is 63.1 Å². The average molecular weight is 353 g/mol. The van der Waals surface area contributed by atoms with Crippen molar-refractivity contribution in [3.8, 4) is 11.4 Å². The number of thioether (sulfide) groups is 1. The van der Waals surface area contributed by atoms with Crippen LogP contribution in [-0.4, -0.2) is 27.1 Å². The smallest absolute Gasteiger partial charge is 0.195 e. The molecular formula is C20H23N3OS. The summed E-state index contributed by atoms with van der Waals surface area (Å²) >= 11 is 1.66. The summed E-state index contributed by atoms with van der Waals surface area (Å²) < 4.78 is 7.89. The van der Waals surface area contributed by atoms with E-state index in [9.17, 15) is 0 Å². The molecule has 0 saturated heterocycles. The van der Waals surface area contributed by atoms with Crippen LogP contribution in [0, 0.1) is 27.7 Å². The van der Waals surface area contributed by atoms with E-state index < -0.39 is 0 Å². The van der Waals surface area contributed by atoms with Crippen LogP contribution in [-0.2, 0) is 0 Å². The second-order valence-electron chi connectivity index (χ2n) is 6.14. The lowest BCUT2D eigenvalue weighted by Crippen LogP contribution is -2.04. The quantitative estimate of drug-likeness (QED) is 0.477. The Morgan fingerprint density at radius 2 is 1.68 bits per heavy atom. The van der Waals surface area contributed by atoms with Crippen molar-refractivity contribution >= 4 is 11.8 Å². The molecule has 0 aliphatic rings. The molecule has 1 aromatic heterocycles. The molecule has 4 nitrogen and oxygen atoms in total. The molecule has 0 fully saturated rings. The largest absolute Gasteiger partial charge is 0.493 e. The number of aromatic nitrogens is 3. The maximum absolute atomic E-state index is 5.79. The van der Waals surface area contributed by atoms with Gasteiger partial charge < -0.3 is 4.74 Å². The van der Waals surface area contributed by atoms with E-state index >= 15 is 0 Å². The number of aryl methyl sites for hydroxylation is 4. The predicted molar refractivity (Wildman–Crippen MR) is 103 cm³/mol. The molecule has 0 amide bonds. The first-order valence-corrected chi connectivity index (χ1v) is 9.35. The SMILES string of the molecule is Cc1ccc(OCCSc2nnc(C)n2-c2ccc(C)c(C)c2)cc1. The fourth-order valence-electron chi connectivity index (χ4n) is 2.53. The molecule has 0 bridgehead atoms. The average Bonchev–Trinajstić information content (AvgIpc) is 2.96. The highest BCUT2D eigenvalue weighted by Crippen LogP contribution is 2.23. The van der Waals surface area contributed by atoms with E-state index in [0.717, 1.165) is 28.2 Å². The Hall–Kier alpha value is -2.27. The Balaban J connectivity index is 1.65. The summed E-state index contributed by atoms with van der Waals surface area (Å²) in [7, 11) is 0. The second-order valence-corrected chi connectivity index (χ2v) is 7.21. The number of benzene rings is 2. The van der Waals surface area contributed by atoms with Crippen molar-refractivity contribution in [1.82, 2.24) is 14.8 Å². The summed E-state index contributed by atoms with van der Waals surface area (Å²) in [6.45, 7) is 8.93. The molecule has 0 spiro atoms. The van der Waals surface area contributed by atoms with Gasteiger partial charge in [-0.1, -0.05) is 35.5 Å². The Kier molecular flexibility index (Phi) is 5.43. The van der Waals surface area contributed by atoms with Gasteiger partial charge in [0.2, 0.25) is 0 Å². The van der Waals surface area contributed by atoms with Crippen molar-refractivity contribution in [2.24, 2.45) is 0 Å². The van der Waals surface area contributed by atoms with Gasteiger partial charge in [-0.2, -0.15) is 0 Å². The number of ether oxygens (including phenoxy) is 1. The molecule has 0 aliphatic carbocycles. The van der Waals surface area contributed by atoms with Crippen molar-refractivity contribution in [3.05, 3.63) is 65.0 Å². The minimum absolute atomic E-state index is 0.632. The first-order valence-electron chi connectivity index (χ1n) is 8.36. The molecular weight excluding hydrogens is 330 g/mol. The van der Waals surface area contributed by atoms with Crippen LogP contribution in [0.15, 0.2) is 47.6 Å². The molecule has 0 N–H and O–H groups in total. The zero-order chi connectivity index (χ0) is 17.8. The summed E-state index contributed by atoms with van der Waals surface area (Å²) in [5, 5.41) is 9.46.